The highest BCUT2D eigenvalue weighted by Gasteiger charge is 2.23. The van der Waals surface area contributed by atoms with Gasteiger partial charge in [-0.1, -0.05) is 23.7 Å². The number of benzene rings is 1. The molecule has 1 saturated heterocycles. The Bertz CT molecular complexity index is 702. The van der Waals surface area contributed by atoms with E-state index in [0.717, 1.165) is 49.0 Å². The van der Waals surface area contributed by atoms with Crippen LogP contribution in [0.25, 0.3) is 0 Å². The van der Waals surface area contributed by atoms with E-state index in [2.05, 4.69) is 11.0 Å². The minimum atomic E-state index is 0.144. The second-order valence-corrected chi connectivity index (χ2v) is 6.56. The van der Waals surface area contributed by atoms with Crippen LogP contribution in [-0.4, -0.2) is 46.5 Å². The van der Waals surface area contributed by atoms with Crippen LogP contribution in [0.4, 0.5) is 0 Å². The van der Waals surface area contributed by atoms with Gasteiger partial charge >= 0.3 is 0 Å². The van der Waals surface area contributed by atoms with E-state index in [9.17, 15) is 4.79 Å². The van der Waals surface area contributed by atoms with Gasteiger partial charge in [-0.15, -0.1) is 0 Å². The third-order valence-corrected chi connectivity index (χ3v) is 4.80. The summed E-state index contributed by atoms with van der Waals surface area (Å²) >= 11 is 6.04. The number of carbonyl (C=O) groups excluding carboxylic acids is 1. The Kier molecular flexibility index (Phi) is 4.74. The van der Waals surface area contributed by atoms with E-state index >= 15 is 0 Å². The average Bonchev–Trinajstić information content (AvgIpc) is 2.87. The molecule has 5 heteroatoms. The normalized spacial score (nSPS) is 15.9. The first-order valence-corrected chi connectivity index (χ1v) is 8.30. The van der Waals surface area contributed by atoms with Gasteiger partial charge in [0.15, 0.2) is 0 Å². The predicted octanol–water partition coefficient (Wildman–Crippen LogP) is 2.94. The molecule has 1 aromatic carbocycles. The summed E-state index contributed by atoms with van der Waals surface area (Å²) in [5.41, 5.74) is 3.06. The molecular weight excluding hydrogens is 310 g/mol. The highest BCUT2D eigenvalue weighted by molar-refractivity contribution is 6.30. The second kappa shape index (κ2) is 6.77. The SMILES string of the molecule is Cc1c(C(=O)N2CCN(Cc3cccc(Cl)c3)CC2)ccn1C. The van der Waals surface area contributed by atoms with E-state index in [0.29, 0.717) is 0 Å². The smallest absolute Gasteiger partial charge is 0.255 e. The standard InChI is InChI=1S/C18H22ClN3O/c1-14-17(6-7-20(14)2)18(23)22-10-8-21(9-11-22)13-15-4-3-5-16(19)12-15/h3-7,12H,8-11,13H2,1-2H3. The molecule has 1 fully saturated rings. The van der Waals surface area contributed by atoms with E-state index in [1.165, 1.54) is 5.56 Å². The third-order valence-electron chi connectivity index (χ3n) is 4.57. The molecule has 0 aliphatic carbocycles. The Balaban J connectivity index is 1.58. The molecule has 4 nitrogen and oxygen atoms in total. The minimum absolute atomic E-state index is 0.144. The number of aryl methyl sites for hydroxylation is 1. The number of aromatic nitrogens is 1. The van der Waals surface area contributed by atoms with Crippen LogP contribution >= 0.6 is 11.6 Å². The summed E-state index contributed by atoms with van der Waals surface area (Å²) in [5, 5.41) is 0.774. The highest BCUT2D eigenvalue weighted by Crippen LogP contribution is 2.16. The zero-order chi connectivity index (χ0) is 16.4. The fraction of sp³-hybridized carbons (Fsp3) is 0.389. The molecule has 0 bridgehead atoms. The fourth-order valence-electron chi connectivity index (χ4n) is 3.01. The zero-order valence-electron chi connectivity index (χ0n) is 13.6. The van der Waals surface area contributed by atoms with E-state index in [1.807, 2.05) is 53.9 Å². The first-order valence-electron chi connectivity index (χ1n) is 7.92. The van der Waals surface area contributed by atoms with Gasteiger partial charge in [0.1, 0.15) is 0 Å². The number of carbonyl (C=O) groups is 1. The zero-order valence-corrected chi connectivity index (χ0v) is 14.4. The van der Waals surface area contributed by atoms with Crippen LogP contribution < -0.4 is 0 Å². The largest absolute Gasteiger partial charge is 0.354 e. The van der Waals surface area contributed by atoms with Crippen LogP contribution in [0.15, 0.2) is 36.5 Å². The van der Waals surface area contributed by atoms with Gasteiger partial charge in [-0.05, 0) is 30.7 Å². The molecular formula is C18H22ClN3O. The Morgan fingerprint density at radius 1 is 1.17 bits per heavy atom. The second-order valence-electron chi connectivity index (χ2n) is 6.12. The van der Waals surface area contributed by atoms with Gasteiger partial charge in [0.2, 0.25) is 0 Å². The van der Waals surface area contributed by atoms with Crippen LogP contribution in [-0.2, 0) is 13.6 Å². The lowest BCUT2D eigenvalue weighted by atomic mass is 10.1. The Morgan fingerprint density at radius 3 is 2.52 bits per heavy atom. The summed E-state index contributed by atoms with van der Waals surface area (Å²) < 4.78 is 1.99. The van der Waals surface area contributed by atoms with Gasteiger partial charge in [-0.3, -0.25) is 9.69 Å². The molecule has 1 aromatic heterocycles. The monoisotopic (exact) mass is 331 g/mol. The molecule has 0 radical (unpaired) electrons. The maximum atomic E-state index is 12.6. The van der Waals surface area contributed by atoms with E-state index < -0.39 is 0 Å². The number of nitrogens with zero attached hydrogens (tertiary/aromatic N) is 3. The fourth-order valence-corrected chi connectivity index (χ4v) is 3.22. The lowest BCUT2D eigenvalue weighted by Gasteiger charge is -2.34. The van der Waals surface area contributed by atoms with E-state index in [-0.39, 0.29) is 5.91 Å². The lowest BCUT2D eigenvalue weighted by molar-refractivity contribution is 0.0627. The molecule has 2 heterocycles. The Hall–Kier alpha value is -1.78. The van der Waals surface area contributed by atoms with Crippen LogP contribution in [0, 0.1) is 6.92 Å². The molecule has 0 N–H and O–H groups in total. The maximum absolute atomic E-state index is 12.6. The summed E-state index contributed by atoms with van der Waals surface area (Å²) in [4.78, 5) is 16.9. The number of amides is 1. The molecule has 0 atom stereocenters. The average molecular weight is 332 g/mol. The van der Waals surface area contributed by atoms with Gasteiger partial charge in [-0.2, -0.15) is 0 Å². The van der Waals surface area contributed by atoms with Crippen molar-refractivity contribution in [1.82, 2.24) is 14.4 Å². The van der Waals surface area contributed by atoms with E-state index in [4.69, 9.17) is 11.6 Å². The number of hydrogen-bond donors (Lipinski definition) is 0. The molecule has 1 aliphatic heterocycles. The van der Waals surface area contributed by atoms with Crippen molar-refractivity contribution in [2.75, 3.05) is 26.2 Å². The van der Waals surface area contributed by atoms with Crippen molar-refractivity contribution in [2.24, 2.45) is 7.05 Å². The first-order chi connectivity index (χ1) is 11.0. The number of piperazine rings is 1. The van der Waals surface area contributed by atoms with Crippen molar-refractivity contribution >= 4 is 17.5 Å². The number of rotatable bonds is 3. The van der Waals surface area contributed by atoms with Gasteiger partial charge in [0.05, 0.1) is 5.56 Å². The molecule has 122 valence electrons. The van der Waals surface area contributed by atoms with Gasteiger partial charge in [0.25, 0.3) is 5.91 Å². The topological polar surface area (TPSA) is 28.5 Å². The molecule has 0 unspecified atom stereocenters. The van der Waals surface area contributed by atoms with Crippen LogP contribution in [0.5, 0.6) is 0 Å². The summed E-state index contributed by atoms with van der Waals surface area (Å²) in [6.45, 7) is 6.20. The predicted molar refractivity (Wildman–Crippen MR) is 92.8 cm³/mol. The summed E-state index contributed by atoms with van der Waals surface area (Å²) in [6.07, 6.45) is 1.94. The van der Waals surface area contributed by atoms with Crippen molar-refractivity contribution in [3.8, 4) is 0 Å². The Morgan fingerprint density at radius 2 is 1.91 bits per heavy atom. The van der Waals surface area contributed by atoms with Crippen LogP contribution in [0.2, 0.25) is 5.02 Å². The molecule has 1 amide bonds. The molecule has 1 aliphatic rings. The van der Waals surface area contributed by atoms with Crippen molar-refractivity contribution < 1.29 is 4.79 Å². The Labute approximate surface area is 142 Å². The van der Waals surface area contributed by atoms with Crippen molar-refractivity contribution in [3.63, 3.8) is 0 Å². The summed E-state index contributed by atoms with van der Waals surface area (Å²) in [5.74, 6) is 0.144. The molecule has 23 heavy (non-hydrogen) atoms. The lowest BCUT2D eigenvalue weighted by Crippen LogP contribution is -2.48. The van der Waals surface area contributed by atoms with Gasteiger partial charge in [-0.25, -0.2) is 0 Å². The van der Waals surface area contributed by atoms with Gasteiger partial charge < -0.3 is 9.47 Å². The first kappa shape index (κ1) is 16.1. The van der Waals surface area contributed by atoms with Crippen molar-refractivity contribution in [1.29, 1.82) is 0 Å². The molecule has 0 saturated carbocycles. The van der Waals surface area contributed by atoms with Crippen LogP contribution in [0.1, 0.15) is 21.6 Å². The van der Waals surface area contributed by atoms with E-state index in [1.54, 1.807) is 0 Å². The third kappa shape index (κ3) is 3.59. The minimum Gasteiger partial charge on any atom is -0.354 e. The number of hydrogen-bond acceptors (Lipinski definition) is 2. The summed E-state index contributed by atoms with van der Waals surface area (Å²) in [6, 6.07) is 9.89. The van der Waals surface area contributed by atoms with Gasteiger partial charge in [0, 0.05) is 56.7 Å². The summed E-state index contributed by atoms with van der Waals surface area (Å²) in [7, 11) is 1.97. The quantitative estimate of drug-likeness (QED) is 0.865. The van der Waals surface area contributed by atoms with Crippen LogP contribution in [0.3, 0.4) is 0 Å². The maximum Gasteiger partial charge on any atom is 0.255 e. The van der Waals surface area contributed by atoms with Crippen molar-refractivity contribution in [2.45, 2.75) is 13.5 Å². The van der Waals surface area contributed by atoms with Crippen molar-refractivity contribution in [3.05, 3.63) is 58.4 Å². The molecule has 2 aromatic rings. The number of halogens is 1. The molecule has 0 spiro atoms. The highest BCUT2D eigenvalue weighted by atomic mass is 35.5. The molecule has 3 rings (SSSR count).